The van der Waals surface area contributed by atoms with Gasteiger partial charge in [0.1, 0.15) is 5.75 Å². The Morgan fingerprint density at radius 3 is 3.21 bits per heavy atom. The molecule has 102 valence electrons. The van der Waals surface area contributed by atoms with Gasteiger partial charge in [0.2, 0.25) is 0 Å². The smallest absolute Gasteiger partial charge is 0.261 e. The van der Waals surface area contributed by atoms with Gasteiger partial charge in [-0.1, -0.05) is 18.2 Å². The second-order valence-corrected chi connectivity index (χ2v) is 4.67. The molecule has 0 bridgehead atoms. The van der Waals surface area contributed by atoms with Crippen LogP contribution >= 0.6 is 0 Å². The molecule has 4 heteroatoms. The molecular weight excluding hydrogens is 242 g/mol. The lowest BCUT2D eigenvalue weighted by atomic mass is 10.1. The van der Waals surface area contributed by atoms with Crippen LogP contribution in [0.2, 0.25) is 0 Å². The molecule has 0 heterocycles. The van der Waals surface area contributed by atoms with Gasteiger partial charge in [-0.05, 0) is 31.4 Å². The summed E-state index contributed by atoms with van der Waals surface area (Å²) in [5.41, 5.74) is 1.93. The van der Waals surface area contributed by atoms with Gasteiger partial charge < -0.3 is 15.2 Å². The zero-order valence-electron chi connectivity index (χ0n) is 11.1. The molecule has 0 saturated carbocycles. The summed E-state index contributed by atoms with van der Waals surface area (Å²) in [6.07, 6.45) is 2.15. The van der Waals surface area contributed by atoms with Crippen LogP contribution in [0.3, 0.4) is 0 Å². The van der Waals surface area contributed by atoms with E-state index in [4.69, 9.17) is 4.74 Å². The zero-order chi connectivity index (χ0) is 13.8. The van der Waals surface area contributed by atoms with Crippen LogP contribution in [0.1, 0.15) is 30.6 Å². The molecule has 2 N–H and O–H groups in total. The van der Waals surface area contributed by atoms with E-state index < -0.39 is 12.2 Å². The Kier molecular flexibility index (Phi) is 4.22. The lowest BCUT2D eigenvalue weighted by molar-refractivity contribution is -0.127. The summed E-state index contributed by atoms with van der Waals surface area (Å²) in [6.45, 7) is 5.69. The molecule has 2 unspecified atom stereocenters. The molecule has 2 rings (SSSR count). The minimum atomic E-state index is -0.566. The molecule has 0 aromatic heterocycles. The number of ether oxygens (including phenoxy) is 1. The number of aliphatic hydroxyl groups excluding tert-OH is 1. The van der Waals surface area contributed by atoms with Crippen molar-refractivity contribution in [2.75, 3.05) is 6.54 Å². The first-order valence-electron chi connectivity index (χ1n) is 6.48. The van der Waals surface area contributed by atoms with Crippen molar-refractivity contribution in [3.05, 3.63) is 42.0 Å². The standard InChI is InChI=1S/C15H19NO3/c1-3-9-16-15(18)10(2)19-14-6-4-5-11-12(14)7-8-13(11)17/h3-6,10,13,17H,1,7-9H2,2H3,(H,16,18). The average Bonchev–Trinajstić information content (AvgIpc) is 2.79. The number of hydrogen-bond acceptors (Lipinski definition) is 3. The average molecular weight is 261 g/mol. The Balaban J connectivity index is 2.08. The molecule has 4 nitrogen and oxygen atoms in total. The van der Waals surface area contributed by atoms with Crippen molar-refractivity contribution >= 4 is 5.91 Å². The molecule has 0 fully saturated rings. The summed E-state index contributed by atoms with van der Waals surface area (Å²) in [4.78, 5) is 11.7. The van der Waals surface area contributed by atoms with Gasteiger partial charge in [-0.2, -0.15) is 0 Å². The molecule has 0 aliphatic heterocycles. The maximum absolute atomic E-state index is 11.7. The van der Waals surface area contributed by atoms with E-state index in [-0.39, 0.29) is 5.91 Å². The molecule has 1 amide bonds. The number of rotatable bonds is 5. The number of aliphatic hydroxyl groups is 1. The Labute approximate surface area is 113 Å². The van der Waals surface area contributed by atoms with Crippen LogP contribution in [0.5, 0.6) is 5.75 Å². The van der Waals surface area contributed by atoms with Gasteiger partial charge in [-0.15, -0.1) is 6.58 Å². The van der Waals surface area contributed by atoms with Crippen LogP contribution in [0.15, 0.2) is 30.9 Å². The van der Waals surface area contributed by atoms with Crippen molar-refractivity contribution in [3.8, 4) is 5.75 Å². The number of carbonyl (C=O) groups excluding carboxylic acids is 1. The number of nitrogens with one attached hydrogen (secondary N) is 1. The molecule has 0 spiro atoms. The molecule has 1 aromatic carbocycles. The molecule has 1 aliphatic rings. The Morgan fingerprint density at radius 2 is 2.47 bits per heavy atom. The van der Waals surface area contributed by atoms with E-state index in [1.54, 1.807) is 13.0 Å². The fourth-order valence-corrected chi connectivity index (χ4v) is 2.27. The molecule has 0 saturated heterocycles. The zero-order valence-corrected chi connectivity index (χ0v) is 11.1. The molecule has 19 heavy (non-hydrogen) atoms. The minimum Gasteiger partial charge on any atom is -0.481 e. The fourth-order valence-electron chi connectivity index (χ4n) is 2.27. The van der Waals surface area contributed by atoms with Crippen molar-refractivity contribution in [1.29, 1.82) is 0 Å². The summed E-state index contributed by atoms with van der Waals surface area (Å²) in [7, 11) is 0. The van der Waals surface area contributed by atoms with Gasteiger partial charge in [0.05, 0.1) is 6.10 Å². The van der Waals surface area contributed by atoms with Crippen molar-refractivity contribution in [2.45, 2.75) is 32.0 Å². The normalized spacial score (nSPS) is 18.5. The van der Waals surface area contributed by atoms with Gasteiger partial charge in [-0.3, -0.25) is 4.79 Å². The Morgan fingerprint density at radius 1 is 1.68 bits per heavy atom. The predicted molar refractivity (Wildman–Crippen MR) is 73.0 cm³/mol. The lowest BCUT2D eigenvalue weighted by Gasteiger charge is -2.16. The van der Waals surface area contributed by atoms with Crippen LogP contribution in [0, 0.1) is 0 Å². The van der Waals surface area contributed by atoms with Crippen LogP contribution < -0.4 is 10.1 Å². The summed E-state index contributed by atoms with van der Waals surface area (Å²) < 4.78 is 5.71. The van der Waals surface area contributed by atoms with Crippen LogP contribution in [-0.4, -0.2) is 23.7 Å². The summed E-state index contributed by atoms with van der Waals surface area (Å²) in [5.74, 6) is 0.520. The Hall–Kier alpha value is -1.81. The second-order valence-electron chi connectivity index (χ2n) is 4.67. The number of benzene rings is 1. The first-order chi connectivity index (χ1) is 9.13. The number of amides is 1. The van der Waals surface area contributed by atoms with E-state index in [1.165, 1.54) is 0 Å². The molecule has 1 aliphatic carbocycles. The highest BCUT2D eigenvalue weighted by Crippen LogP contribution is 2.36. The summed E-state index contributed by atoms with van der Waals surface area (Å²) in [6, 6.07) is 5.59. The highest BCUT2D eigenvalue weighted by Gasteiger charge is 2.24. The van der Waals surface area contributed by atoms with Gasteiger partial charge in [0.25, 0.3) is 5.91 Å². The van der Waals surface area contributed by atoms with Crippen LogP contribution in [-0.2, 0) is 11.2 Å². The fraction of sp³-hybridized carbons (Fsp3) is 0.400. The predicted octanol–water partition coefficient (Wildman–Crippen LogP) is 1.74. The monoisotopic (exact) mass is 261 g/mol. The van der Waals surface area contributed by atoms with E-state index in [1.807, 2.05) is 18.2 Å². The second kappa shape index (κ2) is 5.89. The molecular formula is C15H19NO3. The maximum atomic E-state index is 11.7. The maximum Gasteiger partial charge on any atom is 0.261 e. The summed E-state index contributed by atoms with van der Waals surface area (Å²) in [5, 5.41) is 12.5. The van der Waals surface area contributed by atoms with Crippen molar-refractivity contribution in [3.63, 3.8) is 0 Å². The van der Waals surface area contributed by atoms with Gasteiger partial charge in [0.15, 0.2) is 6.10 Å². The SMILES string of the molecule is C=CCNC(=O)C(C)Oc1cccc2c1CCC2O. The van der Waals surface area contributed by atoms with Crippen molar-refractivity contribution in [2.24, 2.45) is 0 Å². The molecule has 0 radical (unpaired) electrons. The van der Waals surface area contributed by atoms with E-state index in [0.717, 1.165) is 17.5 Å². The Bertz CT molecular complexity index is 484. The third-order valence-electron chi connectivity index (χ3n) is 3.29. The van der Waals surface area contributed by atoms with Crippen LogP contribution in [0.25, 0.3) is 0 Å². The highest BCUT2D eigenvalue weighted by atomic mass is 16.5. The summed E-state index contributed by atoms with van der Waals surface area (Å²) >= 11 is 0. The number of carbonyl (C=O) groups is 1. The van der Waals surface area contributed by atoms with E-state index in [9.17, 15) is 9.90 Å². The number of fused-ring (bicyclic) bond motifs is 1. The molecule has 2 atom stereocenters. The van der Waals surface area contributed by atoms with Gasteiger partial charge in [-0.25, -0.2) is 0 Å². The topological polar surface area (TPSA) is 58.6 Å². The van der Waals surface area contributed by atoms with Gasteiger partial charge >= 0.3 is 0 Å². The van der Waals surface area contributed by atoms with Crippen LogP contribution in [0.4, 0.5) is 0 Å². The largest absolute Gasteiger partial charge is 0.481 e. The molecule has 1 aromatic rings. The quantitative estimate of drug-likeness (QED) is 0.794. The third kappa shape index (κ3) is 2.96. The van der Waals surface area contributed by atoms with Gasteiger partial charge in [0, 0.05) is 12.1 Å². The highest BCUT2D eigenvalue weighted by molar-refractivity contribution is 5.80. The van der Waals surface area contributed by atoms with E-state index >= 15 is 0 Å². The first-order valence-corrected chi connectivity index (χ1v) is 6.48. The van der Waals surface area contributed by atoms with Crippen molar-refractivity contribution in [1.82, 2.24) is 5.32 Å². The van der Waals surface area contributed by atoms with E-state index in [0.29, 0.717) is 18.7 Å². The van der Waals surface area contributed by atoms with Crippen molar-refractivity contribution < 1.29 is 14.6 Å². The lowest BCUT2D eigenvalue weighted by Crippen LogP contribution is -2.36. The van der Waals surface area contributed by atoms with E-state index in [2.05, 4.69) is 11.9 Å². The number of hydrogen-bond donors (Lipinski definition) is 2. The minimum absolute atomic E-state index is 0.170. The first kappa shape index (κ1) is 13.6. The third-order valence-corrected chi connectivity index (χ3v) is 3.29.